The van der Waals surface area contributed by atoms with Crippen LogP contribution in [0, 0.1) is 5.92 Å². The Morgan fingerprint density at radius 3 is 2.71 bits per heavy atom. The molecular formula is C10H18N2OS. The molecule has 1 heterocycles. The SMILES string of the molecule is CC(NC(C)C(C)CO)c1cncs1. The van der Waals surface area contributed by atoms with Gasteiger partial charge in [0.15, 0.2) is 0 Å². The lowest BCUT2D eigenvalue weighted by Crippen LogP contribution is -2.35. The Balaban J connectivity index is 2.44. The van der Waals surface area contributed by atoms with Gasteiger partial charge in [0.05, 0.1) is 5.51 Å². The van der Waals surface area contributed by atoms with Crippen LogP contribution in [0.15, 0.2) is 11.7 Å². The Hall–Kier alpha value is -0.450. The van der Waals surface area contributed by atoms with E-state index in [0.717, 1.165) is 0 Å². The van der Waals surface area contributed by atoms with Gasteiger partial charge in [-0.3, -0.25) is 4.98 Å². The second-order valence-electron chi connectivity index (χ2n) is 3.74. The van der Waals surface area contributed by atoms with Crippen LogP contribution in [-0.2, 0) is 0 Å². The van der Waals surface area contributed by atoms with Crippen LogP contribution in [0.1, 0.15) is 31.7 Å². The van der Waals surface area contributed by atoms with Crippen LogP contribution in [0.5, 0.6) is 0 Å². The van der Waals surface area contributed by atoms with E-state index in [9.17, 15) is 0 Å². The fourth-order valence-corrected chi connectivity index (χ4v) is 1.88. The van der Waals surface area contributed by atoms with Gasteiger partial charge in [0.1, 0.15) is 0 Å². The molecule has 80 valence electrons. The summed E-state index contributed by atoms with van der Waals surface area (Å²) in [4.78, 5) is 5.28. The van der Waals surface area contributed by atoms with E-state index in [1.807, 2.05) is 18.6 Å². The summed E-state index contributed by atoms with van der Waals surface area (Å²) in [5.41, 5.74) is 1.84. The molecule has 0 aliphatic carbocycles. The van der Waals surface area contributed by atoms with Gasteiger partial charge in [0.25, 0.3) is 0 Å². The topological polar surface area (TPSA) is 45.1 Å². The van der Waals surface area contributed by atoms with Gasteiger partial charge in [0.2, 0.25) is 0 Å². The van der Waals surface area contributed by atoms with Crippen LogP contribution in [0.4, 0.5) is 0 Å². The van der Waals surface area contributed by atoms with Gasteiger partial charge < -0.3 is 10.4 Å². The number of nitrogens with one attached hydrogen (secondary N) is 1. The molecule has 0 fully saturated rings. The molecule has 4 heteroatoms. The van der Waals surface area contributed by atoms with Gasteiger partial charge in [-0.25, -0.2) is 0 Å². The fourth-order valence-electron chi connectivity index (χ4n) is 1.24. The van der Waals surface area contributed by atoms with Crippen LogP contribution in [0.2, 0.25) is 0 Å². The van der Waals surface area contributed by atoms with E-state index < -0.39 is 0 Å². The molecule has 14 heavy (non-hydrogen) atoms. The number of hydrogen-bond donors (Lipinski definition) is 2. The van der Waals surface area contributed by atoms with Crippen molar-refractivity contribution in [2.24, 2.45) is 5.92 Å². The van der Waals surface area contributed by atoms with Crippen molar-refractivity contribution < 1.29 is 5.11 Å². The average Bonchev–Trinajstić information content (AvgIpc) is 2.69. The van der Waals surface area contributed by atoms with Crippen molar-refractivity contribution >= 4 is 11.3 Å². The third kappa shape index (κ3) is 3.04. The van der Waals surface area contributed by atoms with Crippen LogP contribution in [0.25, 0.3) is 0 Å². The molecule has 0 amide bonds. The minimum Gasteiger partial charge on any atom is -0.396 e. The molecule has 3 atom stereocenters. The number of hydrogen-bond acceptors (Lipinski definition) is 4. The standard InChI is InChI=1S/C10H18N2OS/c1-7(5-13)8(2)12-9(3)10-4-11-6-14-10/h4,6-9,12-13H,5H2,1-3H3. The first-order valence-electron chi connectivity index (χ1n) is 4.90. The summed E-state index contributed by atoms with van der Waals surface area (Å²) < 4.78 is 0. The number of aliphatic hydroxyl groups is 1. The summed E-state index contributed by atoms with van der Waals surface area (Å²) in [6, 6.07) is 0.628. The van der Waals surface area contributed by atoms with Crippen LogP contribution in [0.3, 0.4) is 0 Å². The minimum atomic E-state index is 0.226. The predicted molar refractivity (Wildman–Crippen MR) is 59.4 cm³/mol. The number of thiazole rings is 1. The van der Waals surface area contributed by atoms with Crippen molar-refractivity contribution in [1.82, 2.24) is 10.3 Å². The summed E-state index contributed by atoms with van der Waals surface area (Å²) in [5.74, 6) is 0.283. The quantitative estimate of drug-likeness (QED) is 0.785. The highest BCUT2D eigenvalue weighted by molar-refractivity contribution is 7.09. The second kappa shape index (κ2) is 5.44. The van der Waals surface area contributed by atoms with E-state index in [-0.39, 0.29) is 12.5 Å². The maximum atomic E-state index is 9.00. The molecule has 0 saturated heterocycles. The van der Waals surface area contributed by atoms with Gasteiger partial charge in [-0.1, -0.05) is 6.92 Å². The third-order valence-electron chi connectivity index (χ3n) is 2.53. The zero-order valence-corrected chi connectivity index (χ0v) is 9.71. The van der Waals surface area contributed by atoms with E-state index in [4.69, 9.17) is 5.11 Å². The number of nitrogens with zero attached hydrogens (tertiary/aromatic N) is 1. The molecule has 1 rings (SSSR count). The lowest BCUT2D eigenvalue weighted by Gasteiger charge is -2.23. The van der Waals surface area contributed by atoms with Crippen LogP contribution >= 0.6 is 11.3 Å². The molecule has 0 aromatic carbocycles. The lowest BCUT2D eigenvalue weighted by molar-refractivity contribution is 0.202. The molecule has 3 unspecified atom stereocenters. The van der Waals surface area contributed by atoms with E-state index in [0.29, 0.717) is 12.1 Å². The summed E-state index contributed by atoms with van der Waals surface area (Å²) in [6.45, 7) is 6.48. The molecule has 3 nitrogen and oxygen atoms in total. The normalized spacial score (nSPS) is 17.7. The maximum absolute atomic E-state index is 9.00. The molecule has 0 saturated carbocycles. The Kier molecular flexibility index (Phi) is 4.51. The second-order valence-corrected chi connectivity index (χ2v) is 4.66. The molecule has 1 aromatic heterocycles. The maximum Gasteiger partial charge on any atom is 0.0794 e. The highest BCUT2D eigenvalue weighted by atomic mass is 32.1. The number of rotatable bonds is 5. The fraction of sp³-hybridized carbons (Fsp3) is 0.700. The number of aromatic nitrogens is 1. The van der Waals surface area contributed by atoms with Crippen molar-refractivity contribution in [2.45, 2.75) is 32.9 Å². The van der Waals surface area contributed by atoms with Gasteiger partial charge in [-0.2, -0.15) is 0 Å². The lowest BCUT2D eigenvalue weighted by atomic mass is 10.0. The number of aliphatic hydroxyl groups excluding tert-OH is 1. The molecule has 1 aromatic rings. The molecule has 0 radical (unpaired) electrons. The van der Waals surface area contributed by atoms with E-state index in [1.54, 1.807) is 11.3 Å². The highest BCUT2D eigenvalue weighted by Gasteiger charge is 2.15. The molecule has 0 spiro atoms. The first-order valence-corrected chi connectivity index (χ1v) is 5.78. The predicted octanol–water partition coefficient (Wildman–Crippen LogP) is 1.81. The summed E-state index contributed by atoms with van der Waals surface area (Å²) in [6.07, 6.45) is 1.89. The van der Waals surface area contributed by atoms with Crippen molar-refractivity contribution in [3.05, 3.63) is 16.6 Å². The molecule has 0 aliphatic heterocycles. The van der Waals surface area contributed by atoms with Crippen molar-refractivity contribution in [3.63, 3.8) is 0 Å². The largest absolute Gasteiger partial charge is 0.396 e. The van der Waals surface area contributed by atoms with Gasteiger partial charge in [-0.15, -0.1) is 11.3 Å². The molecule has 0 bridgehead atoms. The summed E-state index contributed by atoms with van der Waals surface area (Å²) >= 11 is 1.66. The molecular weight excluding hydrogens is 196 g/mol. The van der Waals surface area contributed by atoms with Gasteiger partial charge in [-0.05, 0) is 19.8 Å². The first-order chi connectivity index (χ1) is 6.65. The van der Waals surface area contributed by atoms with E-state index >= 15 is 0 Å². The van der Waals surface area contributed by atoms with Crippen LogP contribution < -0.4 is 5.32 Å². The Bertz CT molecular complexity index is 251. The first kappa shape index (κ1) is 11.6. The smallest absolute Gasteiger partial charge is 0.0794 e. The summed E-state index contributed by atoms with van der Waals surface area (Å²) in [5, 5.41) is 12.4. The Morgan fingerprint density at radius 1 is 1.50 bits per heavy atom. The van der Waals surface area contributed by atoms with Crippen molar-refractivity contribution in [1.29, 1.82) is 0 Å². The van der Waals surface area contributed by atoms with E-state index in [1.165, 1.54) is 4.88 Å². The van der Waals surface area contributed by atoms with Gasteiger partial charge >= 0.3 is 0 Å². The Labute approximate surface area is 89.2 Å². The molecule has 0 aliphatic rings. The van der Waals surface area contributed by atoms with E-state index in [2.05, 4.69) is 24.1 Å². The highest BCUT2D eigenvalue weighted by Crippen LogP contribution is 2.18. The van der Waals surface area contributed by atoms with Crippen molar-refractivity contribution in [2.75, 3.05) is 6.61 Å². The zero-order valence-electron chi connectivity index (χ0n) is 8.90. The molecule has 2 N–H and O–H groups in total. The zero-order chi connectivity index (χ0) is 10.6. The minimum absolute atomic E-state index is 0.226. The van der Waals surface area contributed by atoms with Crippen LogP contribution in [-0.4, -0.2) is 22.7 Å². The Morgan fingerprint density at radius 2 is 2.21 bits per heavy atom. The van der Waals surface area contributed by atoms with Crippen molar-refractivity contribution in [3.8, 4) is 0 Å². The third-order valence-corrected chi connectivity index (χ3v) is 3.49. The average molecular weight is 214 g/mol. The van der Waals surface area contributed by atoms with Gasteiger partial charge in [0, 0.05) is 29.8 Å². The summed E-state index contributed by atoms with van der Waals surface area (Å²) in [7, 11) is 0. The monoisotopic (exact) mass is 214 g/mol.